The fraction of sp³-hybridized carbons (Fsp3) is 0.700. The van der Waals surface area contributed by atoms with Gasteiger partial charge in [-0.2, -0.15) is 0 Å². The van der Waals surface area contributed by atoms with Crippen molar-refractivity contribution in [2.75, 3.05) is 0 Å². The highest BCUT2D eigenvalue weighted by atomic mass is 16.5. The molecule has 0 radical (unpaired) electrons. The van der Waals surface area contributed by atoms with Crippen LogP contribution in [0.4, 0.5) is 0 Å². The summed E-state index contributed by atoms with van der Waals surface area (Å²) in [4.78, 5) is 0. The molecule has 0 spiro atoms. The molecule has 0 bridgehead atoms. The third-order valence-electron chi connectivity index (χ3n) is 2.57. The molecule has 0 fully saturated rings. The van der Waals surface area contributed by atoms with E-state index in [0.29, 0.717) is 0 Å². The van der Waals surface area contributed by atoms with Crippen molar-refractivity contribution in [3.63, 3.8) is 0 Å². The Labute approximate surface area is 78.3 Å². The van der Waals surface area contributed by atoms with Gasteiger partial charge in [0.15, 0.2) is 0 Å². The van der Waals surface area contributed by atoms with E-state index in [1.54, 1.807) is 0 Å². The summed E-state index contributed by atoms with van der Waals surface area (Å²) in [5.41, 5.74) is 8.22. The van der Waals surface area contributed by atoms with E-state index in [9.17, 15) is 0 Å². The molecular formula is C10H16N2O. The molecule has 1 aliphatic rings. The zero-order chi connectivity index (χ0) is 9.64. The minimum atomic E-state index is 0.0407. The van der Waals surface area contributed by atoms with E-state index in [0.717, 1.165) is 29.9 Å². The van der Waals surface area contributed by atoms with Crippen molar-refractivity contribution in [1.82, 2.24) is 5.16 Å². The molecule has 1 aromatic rings. The molecule has 2 N–H and O–H groups in total. The van der Waals surface area contributed by atoms with Crippen LogP contribution >= 0.6 is 0 Å². The average molecular weight is 180 g/mol. The maximum Gasteiger partial charge on any atom is 0.141 e. The van der Waals surface area contributed by atoms with Gasteiger partial charge in [0.1, 0.15) is 5.76 Å². The quantitative estimate of drug-likeness (QED) is 0.663. The van der Waals surface area contributed by atoms with Gasteiger partial charge in [0.25, 0.3) is 0 Å². The van der Waals surface area contributed by atoms with Crippen LogP contribution in [0.25, 0.3) is 0 Å². The lowest BCUT2D eigenvalue weighted by atomic mass is 9.88. The van der Waals surface area contributed by atoms with Gasteiger partial charge < -0.3 is 10.3 Å². The first kappa shape index (κ1) is 8.75. The Morgan fingerprint density at radius 3 is 2.77 bits per heavy atom. The van der Waals surface area contributed by atoms with Crippen molar-refractivity contribution < 1.29 is 4.52 Å². The number of hydrogen-bond donors (Lipinski definition) is 1. The summed E-state index contributed by atoms with van der Waals surface area (Å²) in [6.07, 6.45) is 1.94. The van der Waals surface area contributed by atoms with Crippen LogP contribution in [-0.2, 0) is 11.8 Å². The van der Waals surface area contributed by atoms with Gasteiger partial charge in [0, 0.05) is 23.4 Å². The normalized spacial score (nSPS) is 22.0. The molecule has 1 unspecified atom stereocenters. The topological polar surface area (TPSA) is 52.0 Å². The van der Waals surface area contributed by atoms with Gasteiger partial charge in [-0.1, -0.05) is 25.9 Å². The van der Waals surface area contributed by atoms with Crippen LogP contribution in [0.5, 0.6) is 0 Å². The molecule has 0 saturated carbocycles. The minimum Gasteiger partial charge on any atom is -0.361 e. The molecule has 1 aliphatic carbocycles. The summed E-state index contributed by atoms with van der Waals surface area (Å²) in [5, 5.41) is 4.10. The zero-order valence-corrected chi connectivity index (χ0v) is 8.42. The summed E-state index contributed by atoms with van der Waals surface area (Å²) < 4.78 is 5.27. The Balaban J connectivity index is 2.50. The molecule has 1 heterocycles. The minimum absolute atomic E-state index is 0.0407. The van der Waals surface area contributed by atoms with Gasteiger partial charge in [-0.25, -0.2) is 0 Å². The summed E-state index contributed by atoms with van der Waals surface area (Å²) in [6.45, 7) is 6.41. The number of hydrogen-bond acceptors (Lipinski definition) is 3. The Morgan fingerprint density at radius 1 is 1.46 bits per heavy atom. The Morgan fingerprint density at radius 2 is 2.15 bits per heavy atom. The lowest BCUT2D eigenvalue weighted by Crippen LogP contribution is -2.17. The van der Waals surface area contributed by atoms with Crippen molar-refractivity contribution in [2.24, 2.45) is 5.73 Å². The summed E-state index contributed by atoms with van der Waals surface area (Å²) in [5.74, 6) is 0.998. The van der Waals surface area contributed by atoms with Crippen molar-refractivity contribution in [3.05, 3.63) is 17.0 Å². The van der Waals surface area contributed by atoms with E-state index in [1.165, 1.54) is 0 Å². The molecule has 0 saturated heterocycles. The van der Waals surface area contributed by atoms with Crippen LogP contribution in [0, 0.1) is 0 Å². The van der Waals surface area contributed by atoms with Gasteiger partial charge in [-0.15, -0.1) is 0 Å². The number of aryl methyl sites for hydroxylation is 1. The van der Waals surface area contributed by atoms with Crippen molar-refractivity contribution in [2.45, 2.75) is 45.1 Å². The maximum atomic E-state index is 5.99. The maximum absolute atomic E-state index is 5.99. The predicted molar refractivity (Wildman–Crippen MR) is 50.5 cm³/mol. The standard InChI is InChI=1S/C10H16N2O/c1-10(2,3)9-8-6(11)4-5-7(8)13-12-9/h6H,4-5,11H2,1-3H3. The summed E-state index contributed by atoms with van der Waals surface area (Å²) >= 11 is 0. The van der Waals surface area contributed by atoms with Crippen molar-refractivity contribution in [3.8, 4) is 0 Å². The predicted octanol–water partition coefficient (Wildman–Crippen LogP) is 1.92. The monoisotopic (exact) mass is 180 g/mol. The van der Waals surface area contributed by atoms with Crippen LogP contribution in [0.15, 0.2) is 4.52 Å². The van der Waals surface area contributed by atoms with Crippen LogP contribution in [0.1, 0.15) is 50.3 Å². The molecule has 2 rings (SSSR count). The fourth-order valence-electron chi connectivity index (χ4n) is 1.87. The number of rotatable bonds is 0. The molecule has 72 valence electrons. The van der Waals surface area contributed by atoms with Crippen LogP contribution in [0.2, 0.25) is 0 Å². The zero-order valence-electron chi connectivity index (χ0n) is 8.42. The molecule has 1 atom stereocenters. The lowest BCUT2D eigenvalue weighted by molar-refractivity contribution is 0.364. The molecule has 3 nitrogen and oxygen atoms in total. The van der Waals surface area contributed by atoms with Gasteiger partial charge in [0.05, 0.1) is 5.69 Å². The molecule has 0 amide bonds. The van der Waals surface area contributed by atoms with Crippen molar-refractivity contribution >= 4 is 0 Å². The van der Waals surface area contributed by atoms with E-state index in [2.05, 4.69) is 25.9 Å². The Bertz CT molecular complexity index is 322. The third kappa shape index (κ3) is 1.27. The molecule has 1 aromatic heterocycles. The lowest BCUT2D eigenvalue weighted by Gasteiger charge is -2.17. The van der Waals surface area contributed by atoms with Gasteiger partial charge in [-0.05, 0) is 6.42 Å². The summed E-state index contributed by atoms with van der Waals surface area (Å²) in [6, 6.07) is 0.135. The third-order valence-corrected chi connectivity index (χ3v) is 2.57. The highest BCUT2D eigenvalue weighted by Crippen LogP contribution is 2.37. The first-order valence-electron chi connectivity index (χ1n) is 4.74. The summed E-state index contributed by atoms with van der Waals surface area (Å²) in [7, 11) is 0. The highest BCUT2D eigenvalue weighted by Gasteiger charge is 2.32. The molecular weight excluding hydrogens is 164 g/mol. The van der Waals surface area contributed by atoms with E-state index >= 15 is 0 Å². The van der Waals surface area contributed by atoms with Crippen LogP contribution in [0.3, 0.4) is 0 Å². The molecule has 0 aliphatic heterocycles. The highest BCUT2D eigenvalue weighted by molar-refractivity contribution is 5.34. The Hall–Kier alpha value is -0.830. The van der Waals surface area contributed by atoms with E-state index < -0.39 is 0 Å². The number of aromatic nitrogens is 1. The first-order chi connectivity index (χ1) is 6.00. The smallest absolute Gasteiger partial charge is 0.141 e. The Kier molecular flexibility index (Phi) is 1.74. The average Bonchev–Trinajstić information content (AvgIpc) is 2.51. The van der Waals surface area contributed by atoms with Crippen LogP contribution < -0.4 is 5.73 Å². The molecule has 3 heteroatoms. The largest absolute Gasteiger partial charge is 0.361 e. The van der Waals surface area contributed by atoms with E-state index in [4.69, 9.17) is 10.3 Å². The fourth-order valence-corrected chi connectivity index (χ4v) is 1.87. The second kappa shape index (κ2) is 2.58. The number of nitrogens with zero attached hydrogens (tertiary/aromatic N) is 1. The van der Waals surface area contributed by atoms with Gasteiger partial charge in [0.2, 0.25) is 0 Å². The second-order valence-corrected chi connectivity index (χ2v) is 4.76. The van der Waals surface area contributed by atoms with Gasteiger partial charge in [-0.3, -0.25) is 0 Å². The first-order valence-corrected chi connectivity index (χ1v) is 4.74. The van der Waals surface area contributed by atoms with E-state index in [1.807, 2.05) is 0 Å². The second-order valence-electron chi connectivity index (χ2n) is 4.76. The van der Waals surface area contributed by atoms with Crippen molar-refractivity contribution in [1.29, 1.82) is 0 Å². The SMILES string of the molecule is CC(C)(C)c1noc2c1C(N)CC2. The molecule has 0 aromatic carbocycles. The van der Waals surface area contributed by atoms with Gasteiger partial charge >= 0.3 is 0 Å². The number of fused-ring (bicyclic) bond motifs is 1. The van der Waals surface area contributed by atoms with Crippen LogP contribution in [-0.4, -0.2) is 5.16 Å². The number of nitrogens with two attached hydrogens (primary N) is 1. The molecule has 13 heavy (non-hydrogen) atoms. The van der Waals surface area contributed by atoms with E-state index in [-0.39, 0.29) is 11.5 Å².